The molecule has 1 heterocycles. The summed E-state index contributed by atoms with van der Waals surface area (Å²) in [6, 6.07) is 6.07. The molecule has 1 N–H and O–H groups in total. The summed E-state index contributed by atoms with van der Waals surface area (Å²) in [5.41, 5.74) is 3.18. The first kappa shape index (κ1) is 15.7. The Morgan fingerprint density at radius 3 is 2.86 bits per heavy atom. The van der Waals surface area contributed by atoms with Crippen LogP contribution in [-0.2, 0) is 16.0 Å². The van der Waals surface area contributed by atoms with E-state index in [1.807, 2.05) is 32.0 Å². The third-order valence-electron chi connectivity index (χ3n) is 4.13. The van der Waals surface area contributed by atoms with Gasteiger partial charge in [-0.05, 0) is 24.5 Å². The number of benzene rings is 1. The summed E-state index contributed by atoms with van der Waals surface area (Å²) >= 11 is 0. The van der Waals surface area contributed by atoms with Gasteiger partial charge in [-0.15, -0.1) is 0 Å². The molecule has 1 atom stereocenters. The zero-order valence-corrected chi connectivity index (χ0v) is 13.1. The Hall–Kier alpha value is -1.68. The van der Waals surface area contributed by atoms with E-state index in [1.54, 1.807) is 0 Å². The molecule has 1 aromatic carbocycles. The van der Waals surface area contributed by atoms with Gasteiger partial charge in [-0.25, -0.2) is 0 Å². The minimum absolute atomic E-state index is 0.000508. The van der Waals surface area contributed by atoms with Crippen molar-refractivity contribution in [2.24, 2.45) is 5.92 Å². The number of carbonyl (C=O) groups excluding carboxylic acids is 2. The van der Waals surface area contributed by atoms with Crippen LogP contribution in [0, 0.1) is 12.8 Å². The van der Waals surface area contributed by atoms with Crippen molar-refractivity contribution in [3.63, 3.8) is 0 Å². The smallest absolute Gasteiger partial charge is 0.238 e. The molecule has 1 amide bonds. The number of carbonyl (C=O) groups is 2. The minimum Gasteiger partial charge on any atom is -0.324 e. The number of anilines is 1. The lowest BCUT2D eigenvalue weighted by molar-refractivity contribution is -0.127. The van der Waals surface area contributed by atoms with Gasteiger partial charge in [0.2, 0.25) is 5.91 Å². The van der Waals surface area contributed by atoms with Crippen molar-refractivity contribution in [1.82, 2.24) is 4.90 Å². The van der Waals surface area contributed by atoms with Crippen molar-refractivity contribution in [3.8, 4) is 0 Å². The van der Waals surface area contributed by atoms with Gasteiger partial charge in [0, 0.05) is 31.1 Å². The highest BCUT2D eigenvalue weighted by atomic mass is 16.2. The number of amides is 1. The van der Waals surface area contributed by atoms with Crippen LogP contribution in [-0.4, -0.2) is 36.2 Å². The fourth-order valence-corrected chi connectivity index (χ4v) is 2.82. The van der Waals surface area contributed by atoms with Gasteiger partial charge < -0.3 is 5.32 Å². The molecule has 2 rings (SSSR count). The maximum atomic E-state index is 12.3. The van der Waals surface area contributed by atoms with Crippen LogP contribution in [0.2, 0.25) is 0 Å². The van der Waals surface area contributed by atoms with Crippen molar-refractivity contribution in [2.45, 2.75) is 33.6 Å². The number of para-hydroxylation sites is 1. The molecule has 4 heteroatoms. The number of hydrogen-bond donors (Lipinski definition) is 1. The van der Waals surface area contributed by atoms with E-state index >= 15 is 0 Å². The molecule has 0 unspecified atom stereocenters. The van der Waals surface area contributed by atoms with Gasteiger partial charge >= 0.3 is 0 Å². The largest absolute Gasteiger partial charge is 0.324 e. The van der Waals surface area contributed by atoms with E-state index in [9.17, 15) is 9.59 Å². The molecule has 0 aliphatic carbocycles. The van der Waals surface area contributed by atoms with Crippen molar-refractivity contribution in [3.05, 3.63) is 29.3 Å². The zero-order chi connectivity index (χ0) is 15.4. The summed E-state index contributed by atoms with van der Waals surface area (Å²) in [5.74, 6) is 0.343. The highest BCUT2D eigenvalue weighted by Crippen LogP contribution is 2.21. The second-order valence-corrected chi connectivity index (χ2v) is 5.86. The minimum atomic E-state index is 0.000508. The number of aryl methyl sites for hydroxylation is 2. The van der Waals surface area contributed by atoms with Crippen LogP contribution < -0.4 is 5.32 Å². The first-order chi connectivity index (χ1) is 10.0. The zero-order valence-electron chi connectivity index (χ0n) is 13.1. The maximum Gasteiger partial charge on any atom is 0.238 e. The second kappa shape index (κ2) is 6.85. The van der Waals surface area contributed by atoms with Crippen molar-refractivity contribution < 1.29 is 9.59 Å². The summed E-state index contributed by atoms with van der Waals surface area (Å²) in [6.07, 6.45) is 1.45. The number of hydrogen-bond acceptors (Lipinski definition) is 3. The highest BCUT2D eigenvalue weighted by Gasteiger charge is 2.24. The number of likely N-dealkylation sites (tertiary alicyclic amines) is 1. The SMILES string of the molecule is CCc1cccc(C)c1NC(=O)CN1CCC(=O)[C@H](C)C1. The van der Waals surface area contributed by atoms with E-state index in [2.05, 4.69) is 17.1 Å². The van der Waals surface area contributed by atoms with Crippen LogP contribution in [0.3, 0.4) is 0 Å². The van der Waals surface area contributed by atoms with Gasteiger partial charge in [0.05, 0.1) is 6.54 Å². The third kappa shape index (κ3) is 3.91. The normalized spacial score (nSPS) is 19.6. The molecule has 1 fully saturated rings. The Kier molecular flexibility index (Phi) is 5.12. The van der Waals surface area contributed by atoms with E-state index < -0.39 is 0 Å². The van der Waals surface area contributed by atoms with E-state index in [0.29, 0.717) is 31.8 Å². The molecule has 21 heavy (non-hydrogen) atoms. The van der Waals surface area contributed by atoms with Crippen LogP contribution in [0.4, 0.5) is 5.69 Å². The Bertz CT molecular complexity index is 540. The van der Waals surface area contributed by atoms with Gasteiger partial charge in [0.15, 0.2) is 0 Å². The average molecular weight is 288 g/mol. The Labute approximate surface area is 126 Å². The quantitative estimate of drug-likeness (QED) is 0.925. The molecule has 1 aliphatic heterocycles. The highest BCUT2D eigenvalue weighted by molar-refractivity contribution is 5.94. The topological polar surface area (TPSA) is 49.4 Å². The Morgan fingerprint density at radius 1 is 1.43 bits per heavy atom. The Balaban J connectivity index is 1.98. The second-order valence-electron chi connectivity index (χ2n) is 5.86. The van der Waals surface area contributed by atoms with Crippen LogP contribution in [0.15, 0.2) is 18.2 Å². The molecule has 1 aliphatic rings. The molecule has 1 saturated heterocycles. The summed E-state index contributed by atoms with van der Waals surface area (Å²) in [4.78, 5) is 25.8. The fraction of sp³-hybridized carbons (Fsp3) is 0.529. The predicted molar refractivity (Wildman–Crippen MR) is 84.4 cm³/mol. The van der Waals surface area contributed by atoms with E-state index in [0.717, 1.165) is 23.2 Å². The maximum absolute atomic E-state index is 12.3. The summed E-state index contributed by atoms with van der Waals surface area (Å²) < 4.78 is 0. The summed E-state index contributed by atoms with van der Waals surface area (Å²) in [6.45, 7) is 7.75. The van der Waals surface area contributed by atoms with Crippen LogP contribution in [0.1, 0.15) is 31.4 Å². The lowest BCUT2D eigenvalue weighted by Crippen LogP contribution is -2.43. The number of nitrogens with zero attached hydrogens (tertiary/aromatic N) is 1. The average Bonchev–Trinajstić information content (AvgIpc) is 2.45. The molecule has 1 aromatic rings. The molecule has 0 radical (unpaired) electrons. The van der Waals surface area contributed by atoms with Crippen LogP contribution in [0.5, 0.6) is 0 Å². The molecule has 0 aromatic heterocycles. The van der Waals surface area contributed by atoms with Crippen molar-refractivity contribution in [1.29, 1.82) is 0 Å². The van der Waals surface area contributed by atoms with Crippen molar-refractivity contribution >= 4 is 17.4 Å². The number of piperidine rings is 1. The summed E-state index contributed by atoms with van der Waals surface area (Å²) in [7, 11) is 0. The fourth-order valence-electron chi connectivity index (χ4n) is 2.82. The number of nitrogens with one attached hydrogen (secondary N) is 1. The molecule has 0 saturated carbocycles. The van der Waals surface area contributed by atoms with Crippen LogP contribution in [0.25, 0.3) is 0 Å². The van der Waals surface area contributed by atoms with Crippen molar-refractivity contribution in [2.75, 3.05) is 25.0 Å². The van der Waals surface area contributed by atoms with Crippen LogP contribution >= 0.6 is 0 Å². The first-order valence-electron chi connectivity index (χ1n) is 7.64. The molecule has 0 spiro atoms. The van der Waals surface area contributed by atoms with Gasteiger partial charge in [0.1, 0.15) is 5.78 Å². The number of ketones is 1. The standard InChI is InChI=1S/C17H24N2O2/c1-4-14-7-5-6-12(2)17(14)18-16(21)11-19-9-8-15(20)13(3)10-19/h5-7,13H,4,8-11H2,1-3H3,(H,18,21)/t13-/m1/s1. The van der Waals surface area contributed by atoms with Gasteiger partial charge in [-0.2, -0.15) is 0 Å². The lowest BCUT2D eigenvalue weighted by Gasteiger charge is -2.29. The molecule has 4 nitrogen and oxygen atoms in total. The first-order valence-corrected chi connectivity index (χ1v) is 7.64. The lowest BCUT2D eigenvalue weighted by atomic mass is 9.99. The van der Waals surface area contributed by atoms with Gasteiger partial charge in [0.25, 0.3) is 0 Å². The number of Topliss-reactive ketones (excluding diaryl/α,β-unsaturated/α-hetero) is 1. The molecular weight excluding hydrogens is 264 g/mol. The van der Waals surface area contributed by atoms with Gasteiger partial charge in [-0.3, -0.25) is 14.5 Å². The molecule has 114 valence electrons. The van der Waals surface area contributed by atoms with Gasteiger partial charge in [-0.1, -0.05) is 32.0 Å². The van der Waals surface area contributed by atoms with E-state index in [4.69, 9.17) is 0 Å². The molecular formula is C17H24N2O2. The summed E-state index contributed by atoms with van der Waals surface area (Å²) in [5, 5.41) is 3.04. The number of rotatable bonds is 4. The van der Waals surface area contributed by atoms with E-state index in [1.165, 1.54) is 0 Å². The monoisotopic (exact) mass is 288 g/mol. The van der Waals surface area contributed by atoms with E-state index in [-0.39, 0.29) is 11.8 Å². The molecule has 0 bridgehead atoms. The third-order valence-corrected chi connectivity index (χ3v) is 4.13. The predicted octanol–water partition coefficient (Wildman–Crippen LogP) is 2.41. The Morgan fingerprint density at radius 2 is 2.19 bits per heavy atom.